The lowest BCUT2D eigenvalue weighted by Crippen LogP contribution is -2.50. The van der Waals surface area contributed by atoms with Crippen molar-refractivity contribution in [3.8, 4) is 10.4 Å². The highest BCUT2D eigenvalue weighted by atomic mass is 32.1. The highest BCUT2D eigenvalue weighted by Crippen LogP contribution is 2.31. The second kappa shape index (κ2) is 8.71. The molecule has 1 aliphatic heterocycles. The van der Waals surface area contributed by atoms with E-state index in [1.165, 1.54) is 0 Å². The van der Waals surface area contributed by atoms with Crippen LogP contribution in [0.2, 0.25) is 0 Å². The summed E-state index contributed by atoms with van der Waals surface area (Å²) in [6.45, 7) is 3.26. The van der Waals surface area contributed by atoms with Crippen LogP contribution in [0.5, 0.6) is 0 Å². The number of nitrogens with zero attached hydrogens (tertiary/aromatic N) is 1. The Morgan fingerprint density at radius 1 is 1.27 bits per heavy atom. The molecule has 1 atom stereocenters. The van der Waals surface area contributed by atoms with Crippen molar-refractivity contribution in [2.75, 3.05) is 25.0 Å². The number of nitrogens with one attached hydrogen (secondary N) is 2. The standard InChI is InChI=1S/C19H23N3O3S/c1-2-25-19(24)20-14-7-5-11-22(13-14)18(23)21-16-9-4-3-8-15(16)17-10-6-12-26-17/h3-4,6,8-10,12,14H,2,5,7,11,13H2,1H3,(H,20,24)(H,21,23). The number of hydrogen-bond acceptors (Lipinski definition) is 4. The van der Waals surface area contributed by atoms with E-state index in [0.29, 0.717) is 19.7 Å². The summed E-state index contributed by atoms with van der Waals surface area (Å²) in [5, 5.41) is 7.86. The van der Waals surface area contributed by atoms with Crippen molar-refractivity contribution in [1.29, 1.82) is 0 Å². The monoisotopic (exact) mass is 373 g/mol. The maximum absolute atomic E-state index is 12.7. The summed E-state index contributed by atoms with van der Waals surface area (Å²) >= 11 is 1.64. The Kier molecular flexibility index (Phi) is 6.12. The molecule has 7 heteroatoms. The lowest BCUT2D eigenvalue weighted by atomic mass is 10.1. The van der Waals surface area contributed by atoms with Crippen molar-refractivity contribution in [3.05, 3.63) is 41.8 Å². The van der Waals surface area contributed by atoms with Crippen LogP contribution in [0.25, 0.3) is 10.4 Å². The van der Waals surface area contributed by atoms with Gasteiger partial charge in [-0.05, 0) is 37.3 Å². The molecular weight excluding hydrogens is 350 g/mol. The minimum absolute atomic E-state index is 0.0823. The van der Waals surface area contributed by atoms with Crippen LogP contribution in [-0.2, 0) is 4.74 Å². The number of likely N-dealkylation sites (tertiary alicyclic amines) is 1. The number of alkyl carbamates (subject to hydrolysis) is 1. The quantitative estimate of drug-likeness (QED) is 0.845. The minimum atomic E-state index is -0.428. The fourth-order valence-corrected chi connectivity index (χ4v) is 3.82. The number of thiophene rings is 1. The van der Waals surface area contributed by atoms with Gasteiger partial charge in [0.15, 0.2) is 0 Å². The van der Waals surface area contributed by atoms with Gasteiger partial charge in [-0.15, -0.1) is 11.3 Å². The maximum Gasteiger partial charge on any atom is 0.407 e. The molecule has 1 unspecified atom stereocenters. The summed E-state index contributed by atoms with van der Waals surface area (Å²) in [5.74, 6) is 0. The number of amides is 3. The molecule has 0 radical (unpaired) electrons. The van der Waals surface area contributed by atoms with Gasteiger partial charge in [-0.25, -0.2) is 9.59 Å². The molecule has 138 valence electrons. The molecule has 0 aliphatic carbocycles. The number of anilines is 1. The zero-order chi connectivity index (χ0) is 18.4. The van der Waals surface area contributed by atoms with Crippen molar-refractivity contribution in [1.82, 2.24) is 10.2 Å². The van der Waals surface area contributed by atoms with Crippen molar-refractivity contribution in [2.45, 2.75) is 25.8 Å². The van der Waals surface area contributed by atoms with E-state index >= 15 is 0 Å². The molecule has 2 aromatic rings. The second-order valence-corrected chi connectivity index (χ2v) is 7.05. The highest BCUT2D eigenvalue weighted by Gasteiger charge is 2.25. The van der Waals surface area contributed by atoms with Crippen LogP contribution in [0.1, 0.15) is 19.8 Å². The number of benzene rings is 1. The zero-order valence-corrected chi connectivity index (χ0v) is 15.6. The van der Waals surface area contributed by atoms with Gasteiger partial charge in [0.25, 0.3) is 0 Å². The largest absolute Gasteiger partial charge is 0.450 e. The molecule has 26 heavy (non-hydrogen) atoms. The van der Waals surface area contributed by atoms with Crippen LogP contribution >= 0.6 is 11.3 Å². The third-order valence-corrected chi connectivity index (χ3v) is 5.16. The van der Waals surface area contributed by atoms with E-state index in [0.717, 1.165) is 29.0 Å². The van der Waals surface area contributed by atoms with Gasteiger partial charge in [-0.1, -0.05) is 24.3 Å². The van der Waals surface area contributed by atoms with E-state index in [-0.39, 0.29) is 12.1 Å². The molecule has 2 N–H and O–H groups in total. The molecule has 0 bridgehead atoms. The van der Waals surface area contributed by atoms with Gasteiger partial charge in [-0.3, -0.25) is 0 Å². The Morgan fingerprint density at radius 2 is 2.12 bits per heavy atom. The second-order valence-electron chi connectivity index (χ2n) is 6.10. The molecule has 1 fully saturated rings. The predicted octanol–water partition coefficient (Wildman–Crippen LogP) is 4.16. The maximum atomic E-state index is 12.7. The summed E-state index contributed by atoms with van der Waals surface area (Å²) in [6, 6.07) is 11.6. The van der Waals surface area contributed by atoms with Crippen LogP contribution in [0, 0.1) is 0 Å². The third kappa shape index (κ3) is 4.54. The first-order chi connectivity index (χ1) is 12.7. The SMILES string of the molecule is CCOC(=O)NC1CCCN(C(=O)Nc2ccccc2-c2cccs2)C1. The summed E-state index contributed by atoms with van der Waals surface area (Å²) in [6.07, 6.45) is 1.26. The molecule has 2 heterocycles. The Hall–Kier alpha value is -2.54. The van der Waals surface area contributed by atoms with E-state index in [4.69, 9.17) is 4.74 Å². The molecule has 3 amide bonds. The third-order valence-electron chi connectivity index (χ3n) is 4.26. The van der Waals surface area contributed by atoms with E-state index < -0.39 is 6.09 Å². The first-order valence-corrected chi connectivity index (χ1v) is 9.67. The average Bonchev–Trinajstić information content (AvgIpc) is 3.17. The molecule has 0 spiro atoms. The van der Waals surface area contributed by atoms with Crippen molar-refractivity contribution in [2.24, 2.45) is 0 Å². The van der Waals surface area contributed by atoms with E-state index in [2.05, 4.69) is 10.6 Å². The Morgan fingerprint density at radius 3 is 2.88 bits per heavy atom. The lowest BCUT2D eigenvalue weighted by Gasteiger charge is -2.33. The number of rotatable bonds is 4. The number of para-hydroxylation sites is 1. The van der Waals surface area contributed by atoms with Gasteiger partial charge < -0.3 is 20.3 Å². The molecule has 1 aromatic carbocycles. The summed E-state index contributed by atoms with van der Waals surface area (Å²) in [7, 11) is 0. The number of carbonyl (C=O) groups excluding carboxylic acids is 2. The number of ether oxygens (including phenoxy) is 1. The molecule has 0 saturated carbocycles. The average molecular weight is 373 g/mol. The first kappa shape index (κ1) is 18.3. The first-order valence-electron chi connectivity index (χ1n) is 8.79. The minimum Gasteiger partial charge on any atom is -0.450 e. The fourth-order valence-electron chi connectivity index (χ4n) is 3.05. The van der Waals surface area contributed by atoms with Crippen LogP contribution in [0.15, 0.2) is 41.8 Å². The Balaban J connectivity index is 1.64. The van der Waals surface area contributed by atoms with Gasteiger partial charge in [-0.2, -0.15) is 0 Å². The van der Waals surface area contributed by atoms with E-state index in [9.17, 15) is 9.59 Å². The Bertz CT molecular complexity index is 748. The van der Waals surface area contributed by atoms with Crippen LogP contribution in [-0.4, -0.2) is 42.8 Å². The number of piperidine rings is 1. The highest BCUT2D eigenvalue weighted by molar-refractivity contribution is 7.13. The van der Waals surface area contributed by atoms with Crippen LogP contribution in [0.3, 0.4) is 0 Å². The van der Waals surface area contributed by atoms with Crippen molar-refractivity contribution in [3.63, 3.8) is 0 Å². The topological polar surface area (TPSA) is 70.7 Å². The van der Waals surface area contributed by atoms with E-state index in [1.807, 2.05) is 41.8 Å². The normalized spacial score (nSPS) is 16.8. The summed E-state index contributed by atoms with van der Waals surface area (Å²) in [4.78, 5) is 27.2. The molecule has 1 saturated heterocycles. The number of urea groups is 1. The summed E-state index contributed by atoms with van der Waals surface area (Å²) < 4.78 is 4.93. The molecular formula is C19H23N3O3S. The van der Waals surface area contributed by atoms with Gasteiger partial charge in [0.05, 0.1) is 12.3 Å². The van der Waals surface area contributed by atoms with Crippen LogP contribution in [0.4, 0.5) is 15.3 Å². The zero-order valence-electron chi connectivity index (χ0n) is 14.7. The van der Waals surface area contributed by atoms with Gasteiger partial charge in [0.2, 0.25) is 0 Å². The summed E-state index contributed by atoms with van der Waals surface area (Å²) in [5.41, 5.74) is 1.80. The predicted molar refractivity (Wildman–Crippen MR) is 104 cm³/mol. The molecule has 6 nitrogen and oxygen atoms in total. The number of carbonyl (C=O) groups is 2. The van der Waals surface area contributed by atoms with Crippen molar-refractivity contribution >= 4 is 29.1 Å². The van der Waals surface area contributed by atoms with Gasteiger partial charge >= 0.3 is 12.1 Å². The molecule has 3 rings (SSSR count). The van der Waals surface area contributed by atoms with E-state index in [1.54, 1.807) is 23.2 Å². The van der Waals surface area contributed by atoms with Gasteiger partial charge in [0, 0.05) is 29.6 Å². The molecule has 1 aliphatic rings. The smallest absolute Gasteiger partial charge is 0.407 e. The lowest BCUT2D eigenvalue weighted by molar-refractivity contribution is 0.137. The number of hydrogen-bond donors (Lipinski definition) is 2. The molecule has 1 aromatic heterocycles. The van der Waals surface area contributed by atoms with Crippen molar-refractivity contribution < 1.29 is 14.3 Å². The Labute approximate surface area is 157 Å². The fraction of sp³-hybridized carbons (Fsp3) is 0.368. The van der Waals surface area contributed by atoms with Gasteiger partial charge in [0.1, 0.15) is 0 Å². The van der Waals surface area contributed by atoms with Crippen LogP contribution < -0.4 is 10.6 Å².